The number of aliphatic hydroxyl groups is 2. The zero-order valence-corrected chi connectivity index (χ0v) is 7.40. The summed E-state index contributed by atoms with van der Waals surface area (Å²) < 4.78 is 0. The highest BCUT2D eigenvalue weighted by atomic mass is 16.5. The number of hydrogen-bond acceptors (Lipinski definition) is 4. The third-order valence-electron chi connectivity index (χ3n) is 1.99. The zero-order chi connectivity index (χ0) is 9.52. The van der Waals surface area contributed by atoms with Gasteiger partial charge in [-0.2, -0.15) is 0 Å². The molecule has 70 valence electrons. The van der Waals surface area contributed by atoms with Gasteiger partial charge in [0.2, 0.25) is 0 Å². The highest BCUT2D eigenvalue weighted by Crippen LogP contribution is 2.19. The number of hydrogen-bond donors (Lipinski definition) is 3. The summed E-state index contributed by atoms with van der Waals surface area (Å²) in [7, 11) is 0. The van der Waals surface area contributed by atoms with E-state index in [0.717, 1.165) is 0 Å². The Morgan fingerprint density at radius 3 is 2.25 bits per heavy atom. The van der Waals surface area contributed by atoms with Gasteiger partial charge in [0, 0.05) is 6.04 Å². The first-order valence-electron chi connectivity index (χ1n) is 3.92. The largest absolute Gasteiger partial charge is 0.357 e. The van der Waals surface area contributed by atoms with Crippen LogP contribution in [0.2, 0.25) is 0 Å². The van der Waals surface area contributed by atoms with Gasteiger partial charge >= 0.3 is 0 Å². The van der Waals surface area contributed by atoms with Gasteiger partial charge in [0.05, 0.1) is 6.04 Å². The molecule has 5 nitrogen and oxygen atoms in total. The van der Waals surface area contributed by atoms with Gasteiger partial charge in [-0.15, -0.1) is 0 Å². The first kappa shape index (κ1) is 9.44. The number of rotatable bonds is 1. The molecular weight excluding hydrogens is 160 g/mol. The van der Waals surface area contributed by atoms with Gasteiger partial charge in [0.1, 0.15) is 0 Å². The van der Waals surface area contributed by atoms with Crippen molar-refractivity contribution >= 4 is 5.91 Å². The summed E-state index contributed by atoms with van der Waals surface area (Å²) in [5, 5.41) is 19.7. The van der Waals surface area contributed by atoms with E-state index in [4.69, 9.17) is 0 Å². The van der Waals surface area contributed by atoms with Crippen LogP contribution in [0.15, 0.2) is 0 Å². The third-order valence-corrected chi connectivity index (χ3v) is 1.99. The fraction of sp³-hybridized carbons (Fsp3) is 0.857. The molecular formula is C7H14N2O3. The fourth-order valence-electron chi connectivity index (χ4n) is 1.10. The maximum atomic E-state index is 11.2. The predicted octanol–water partition coefficient (Wildman–Crippen LogP) is -1.19. The van der Waals surface area contributed by atoms with Gasteiger partial charge in [-0.1, -0.05) is 0 Å². The molecule has 0 aliphatic carbocycles. The van der Waals surface area contributed by atoms with E-state index >= 15 is 0 Å². The lowest BCUT2D eigenvalue weighted by Crippen LogP contribution is -2.45. The molecule has 1 heterocycles. The Balaban J connectivity index is 2.84. The molecule has 1 saturated heterocycles. The molecule has 0 radical (unpaired) electrons. The topological polar surface area (TPSA) is 72.8 Å². The lowest BCUT2D eigenvalue weighted by Gasteiger charge is -2.20. The molecule has 1 aliphatic rings. The van der Waals surface area contributed by atoms with Crippen LogP contribution in [0, 0.1) is 0 Å². The SMILES string of the molecule is CC(C)N1NC(C)C(O)(O)C1=O. The van der Waals surface area contributed by atoms with Gasteiger partial charge in [0.25, 0.3) is 11.7 Å². The molecule has 0 spiro atoms. The van der Waals surface area contributed by atoms with Crippen molar-refractivity contribution < 1.29 is 15.0 Å². The first-order chi connectivity index (χ1) is 5.37. The molecule has 3 N–H and O–H groups in total. The summed E-state index contributed by atoms with van der Waals surface area (Å²) >= 11 is 0. The Morgan fingerprint density at radius 1 is 1.58 bits per heavy atom. The van der Waals surface area contributed by atoms with Crippen LogP contribution in [0.3, 0.4) is 0 Å². The van der Waals surface area contributed by atoms with Crippen LogP contribution in [0.4, 0.5) is 0 Å². The Morgan fingerprint density at radius 2 is 2.08 bits per heavy atom. The molecule has 0 aromatic rings. The minimum absolute atomic E-state index is 0.0823. The fourth-order valence-corrected chi connectivity index (χ4v) is 1.10. The van der Waals surface area contributed by atoms with Crippen molar-refractivity contribution in [2.45, 2.75) is 38.6 Å². The van der Waals surface area contributed by atoms with Gasteiger partial charge in [0.15, 0.2) is 0 Å². The van der Waals surface area contributed by atoms with Crippen LogP contribution in [-0.2, 0) is 4.79 Å². The number of amides is 1. The molecule has 1 rings (SSSR count). The molecule has 0 aromatic carbocycles. The van der Waals surface area contributed by atoms with Crippen LogP contribution in [0.1, 0.15) is 20.8 Å². The lowest BCUT2D eigenvalue weighted by atomic mass is 10.1. The lowest BCUT2D eigenvalue weighted by molar-refractivity contribution is -0.185. The number of hydrazine groups is 1. The standard InChI is InChI=1S/C7H14N2O3/c1-4(2)9-6(10)7(11,12)5(3)8-9/h4-5,8,11-12H,1-3H3. The normalized spacial score (nSPS) is 28.7. The van der Waals surface area contributed by atoms with E-state index < -0.39 is 17.7 Å². The van der Waals surface area contributed by atoms with E-state index in [1.54, 1.807) is 20.8 Å². The van der Waals surface area contributed by atoms with Crippen molar-refractivity contribution in [2.24, 2.45) is 0 Å². The van der Waals surface area contributed by atoms with Gasteiger partial charge in [-0.05, 0) is 20.8 Å². The summed E-state index contributed by atoms with van der Waals surface area (Å²) in [6, 6.07) is -0.742. The van der Waals surface area contributed by atoms with Crippen molar-refractivity contribution in [1.82, 2.24) is 10.4 Å². The molecule has 1 unspecified atom stereocenters. The highest BCUT2D eigenvalue weighted by molar-refractivity contribution is 5.85. The van der Waals surface area contributed by atoms with Crippen LogP contribution in [0.25, 0.3) is 0 Å². The van der Waals surface area contributed by atoms with Crippen molar-refractivity contribution in [1.29, 1.82) is 0 Å². The molecule has 1 fully saturated rings. The van der Waals surface area contributed by atoms with Crippen LogP contribution in [0.5, 0.6) is 0 Å². The summed E-state index contributed by atoms with van der Waals surface area (Å²) in [4.78, 5) is 11.2. The monoisotopic (exact) mass is 174 g/mol. The number of nitrogens with zero attached hydrogens (tertiary/aromatic N) is 1. The van der Waals surface area contributed by atoms with E-state index in [0.29, 0.717) is 0 Å². The number of carbonyl (C=O) groups excluding carboxylic acids is 1. The smallest absolute Gasteiger partial charge is 0.298 e. The highest BCUT2D eigenvalue weighted by Gasteiger charge is 2.50. The molecule has 0 saturated carbocycles. The Kier molecular flexibility index (Phi) is 2.11. The maximum Gasteiger partial charge on any atom is 0.298 e. The average molecular weight is 174 g/mol. The van der Waals surface area contributed by atoms with E-state index in [2.05, 4.69) is 5.43 Å². The molecule has 12 heavy (non-hydrogen) atoms. The molecule has 0 aromatic heterocycles. The Labute approximate surface area is 71.0 Å². The molecule has 1 atom stereocenters. The summed E-state index contributed by atoms with van der Waals surface area (Å²) in [5.74, 6) is -2.95. The Hall–Kier alpha value is -0.650. The van der Waals surface area contributed by atoms with E-state index in [-0.39, 0.29) is 6.04 Å². The minimum atomic E-state index is -2.26. The second-order valence-electron chi connectivity index (χ2n) is 3.35. The molecule has 1 aliphatic heterocycles. The maximum absolute atomic E-state index is 11.2. The average Bonchev–Trinajstić information content (AvgIpc) is 2.13. The van der Waals surface area contributed by atoms with Gasteiger partial charge < -0.3 is 10.2 Å². The van der Waals surface area contributed by atoms with Crippen LogP contribution >= 0.6 is 0 Å². The molecule has 0 bridgehead atoms. The zero-order valence-electron chi connectivity index (χ0n) is 7.40. The molecule has 1 amide bonds. The van der Waals surface area contributed by atoms with E-state index in [1.807, 2.05) is 0 Å². The van der Waals surface area contributed by atoms with Crippen molar-refractivity contribution in [3.63, 3.8) is 0 Å². The number of carbonyl (C=O) groups is 1. The summed E-state index contributed by atoms with van der Waals surface area (Å²) in [5.41, 5.74) is 2.68. The van der Waals surface area contributed by atoms with Gasteiger partial charge in [-0.25, -0.2) is 5.43 Å². The summed E-state index contributed by atoms with van der Waals surface area (Å²) in [6.45, 7) is 5.12. The van der Waals surface area contributed by atoms with Crippen LogP contribution in [-0.4, -0.2) is 39.0 Å². The summed E-state index contributed by atoms with van der Waals surface area (Å²) in [6.07, 6.45) is 0. The first-order valence-corrected chi connectivity index (χ1v) is 3.92. The second kappa shape index (κ2) is 2.69. The van der Waals surface area contributed by atoms with Gasteiger partial charge in [-0.3, -0.25) is 9.80 Å². The van der Waals surface area contributed by atoms with Crippen molar-refractivity contribution in [3.8, 4) is 0 Å². The van der Waals surface area contributed by atoms with E-state index in [9.17, 15) is 15.0 Å². The van der Waals surface area contributed by atoms with Crippen LogP contribution < -0.4 is 5.43 Å². The molecule has 5 heteroatoms. The van der Waals surface area contributed by atoms with Crippen molar-refractivity contribution in [2.75, 3.05) is 0 Å². The number of nitrogens with one attached hydrogen (secondary N) is 1. The second-order valence-corrected chi connectivity index (χ2v) is 3.35. The van der Waals surface area contributed by atoms with Crippen molar-refractivity contribution in [3.05, 3.63) is 0 Å². The minimum Gasteiger partial charge on any atom is -0.357 e. The Bertz CT molecular complexity index is 203. The quantitative estimate of drug-likeness (QED) is 0.437. The third kappa shape index (κ3) is 1.20. The predicted molar refractivity (Wildman–Crippen MR) is 41.7 cm³/mol. The van der Waals surface area contributed by atoms with E-state index in [1.165, 1.54) is 5.01 Å².